The fourth-order valence-corrected chi connectivity index (χ4v) is 3.40. The first kappa shape index (κ1) is 18.0. The summed E-state index contributed by atoms with van der Waals surface area (Å²) in [7, 11) is 0. The van der Waals surface area contributed by atoms with E-state index in [-0.39, 0.29) is 0 Å². The molecule has 0 unspecified atom stereocenters. The summed E-state index contributed by atoms with van der Waals surface area (Å²) in [6.07, 6.45) is 1.63. The van der Waals surface area contributed by atoms with Crippen LogP contribution in [0.4, 0.5) is 0 Å². The molecule has 0 aliphatic rings. The number of hydrogen-bond donors (Lipinski definition) is 2. The number of aromatic nitrogens is 1. The van der Waals surface area contributed by atoms with Crippen molar-refractivity contribution in [2.45, 2.75) is 40.4 Å². The Hall–Kier alpha value is -2.79. The molecular formula is C21H24N2O3. The van der Waals surface area contributed by atoms with E-state index >= 15 is 0 Å². The summed E-state index contributed by atoms with van der Waals surface area (Å²) in [5.74, 6) is -0.0566. The van der Waals surface area contributed by atoms with E-state index in [1.54, 1.807) is 6.26 Å². The van der Waals surface area contributed by atoms with Crippen LogP contribution in [0.3, 0.4) is 0 Å². The van der Waals surface area contributed by atoms with Crippen LogP contribution in [0.2, 0.25) is 0 Å². The standard InChI is InChI=1S/C21H24N2O3/c1-14-6-4-7-17(10-14)13-23-15(2)19(20(16(23)3)21(24)25)12-22-11-18-8-5-9-26-18/h4-10,22H,11-13H2,1-3H3,(H,24,25). The molecule has 0 aliphatic carbocycles. The lowest BCUT2D eigenvalue weighted by Gasteiger charge is -2.11. The molecule has 0 radical (unpaired) electrons. The van der Waals surface area contributed by atoms with Crippen LogP contribution in [-0.4, -0.2) is 15.6 Å². The third-order valence-corrected chi connectivity index (χ3v) is 4.73. The second-order valence-electron chi connectivity index (χ2n) is 6.59. The highest BCUT2D eigenvalue weighted by molar-refractivity contribution is 5.91. The topological polar surface area (TPSA) is 67.4 Å². The van der Waals surface area contributed by atoms with E-state index in [9.17, 15) is 9.90 Å². The van der Waals surface area contributed by atoms with Crippen molar-refractivity contribution in [3.05, 3.63) is 82.1 Å². The number of aryl methyl sites for hydroxylation is 1. The minimum atomic E-state index is -0.886. The number of aromatic carboxylic acids is 1. The molecule has 0 aliphatic heterocycles. The maximum atomic E-state index is 11.8. The van der Waals surface area contributed by atoms with Gasteiger partial charge in [-0.15, -0.1) is 0 Å². The lowest BCUT2D eigenvalue weighted by atomic mass is 10.1. The molecule has 5 heteroatoms. The number of carbonyl (C=O) groups is 1. The first-order valence-electron chi connectivity index (χ1n) is 8.68. The zero-order valence-corrected chi connectivity index (χ0v) is 15.4. The lowest BCUT2D eigenvalue weighted by Crippen LogP contribution is -2.15. The van der Waals surface area contributed by atoms with Crippen LogP contribution in [0, 0.1) is 20.8 Å². The molecule has 0 atom stereocenters. The molecule has 3 rings (SSSR count). The maximum absolute atomic E-state index is 11.8. The molecule has 0 amide bonds. The summed E-state index contributed by atoms with van der Waals surface area (Å²) in [6.45, 7) is 7.63. The summed E-state index contributed by atoms with van der Waals surface area (Å²) in [6, 6.07) is 12.0. The second kappa shape index (κ2) is 7.62. The third-order valence-electron chi connectivity index (χ3n) is 4.73. The number of nitrogens with zero attached hydrogens (tertiary/aromatic N) is 1. The summed E-state index contributed by atoms with van der Waals surface area (Å²) >= 11 is 0. The minimum Gasteiger partial charge on any atom is -0.478 e. The van der Waals surface area contributed by atoms with E-state index in [4.69, 9.17) is 4.42 Å². The van der Waals surface area contributed by atoms with Crippen LogP contribution in [0.15, 0.2) is 47.1 Å². The van der Waals surface area contributed by atoms with Gasteiger partial charge in [-0.05, 0) is 38.5 Å². The highest BCUT2D eigenvalue weighted by atomic mass is 16.4. The number of carboxylic acids is 1. The molecule has 0 spiro atoms. The number of benzene rings is 1. The number of carboxylic acid groups (broad SMARTS) is 1. The van der Waals surface area contributed by atoms with Gasteiger partial charge in [0.15, 0.2) is 0 Å². The van der Waals surface area contributed by atoms with Crippen LogP contribution < -0.4 is 5.32 Å². The van der Waals surface area contributed by atoms with Crippen molar-refractivity contribution in [3.8, 4) is 0 Å². The molecular weight excluding hydrogens is 328 g/mol. The summed E-state index contributed by atoms with van der Waals surface area (Å²) in [5, 5.41) is 13.0. The van der Waals surface area contributed by atoms with Gasteiger partial charge in [0.25, 0.3) is 0 Å². The highest BCUT2D eigenvalue weighted by Crippen LogP contribution is 2.24. The molecule has 2 N–H and O–H groups in total. The van der Waals surface area contributed by atoms with Crippen molar-refractivity contribution >= 4 is 5.97 Å². The minimum absolute atomic E-state index is 0.391. The number of rotatable bonds is 7. The van der Waals surface area contributed by atoms with E-state index in [1.165, 1.54) is 11.1 Å². The molecule has 26 heavy (non-hydrogen) atoms. The zero-order valence-electron chi connectivity index (χ0n) is 15.4. The Morgan fingerprint density at radius 1 is 1.12 bits per heavy atom. The predicted octanol–water partition coefficient (Wildman–Crippen LogP) is 4.04. The van der Waals surface area contributed by atoms with E-state index in [2.05, 4.69) is 35.0 Å². The van der Waals surface area contributed by atoms with Gasteiger partial charge in [-0.1, -0.05) is 29.8 Å². The van der Waals surface area contributed by atoms with Gasteiger partial charge in [0.2, 0.25) is 0 Å². The van der Waals surface area contributed by atoms with Crippen LogP contribution in [0.5, 0.6) is 0 Å². The molecule has 0 fully saturated rings. The van der Waals surface area contributed by atoms with Gasteiger partial charge in [-0.25, -0.2) is 4.79 Å². The Morgan fingerprint density at radius 2 is 1.92 bits per heavy atom. The van der Waals surface area contributed by atoms with Gasteiger partial charge >= 0.3 is 5.97 Å². The molecule has 2 heterocycles. The molecule has 0 saturated carbocycles. The van der Waals surface area contributed by atoms with Gasteiger partial charge < -0.3 is 19.4 Å². The van der Waals surface area contributed by atoms with Crippen molar-refractivity contribution in [1.82, 2.24) is 9.88 Å². The van der Waals surface area contributed by atoms with Crippen molar-refractivity contribution in [3.63, 3.8) is 0 Å². The Bertz CT molecular complexity index is 908. The molecule has 0 bridgehead atoms. The summed E-state index contributed by atoms with van der Waals surface area (Å²) in [4.78, 5) is 11.8. The summed E-state index contributed by atoms with van der Waals surface area (Å²) < 4.78 is 7.40. The first-order valence-corrected chi connectivity index (χ1v) is 8.68. The van der Waals surface area contributed by atoms with Gasteiger partial charge in [0.1, 0.15) is 5.76 Å². The Labute approximate surface area is 153 Å². The van der Waals surface area contributed by atoms with Crippen molar-refractivity contribution < 1.29 is 14.3 Å². The fourth-order valence-electron chi connectivity index (χ4n) is 3.40. The van der Waals surface area contributed by atoms with Gasteiger partial charge in [-0.2, -0.15) is 0 Å². The smallest absolute Gasteiger partial charge is 0.337 e. The van der Waals surface area contributed by atoms with Crippen molar-refractivity contribution in [2.24, 2.45) is 0 Å². The number of furan rings is 1. The third kappa shape index (κ3) is 3.73. The second-order valence-corrected chi connectivity index (χ2v) is 6.59. The largest absolute Gasteiger partial charge is 0.478 e. The number of nitrogens with one attached hydrogen (secondary N) is 1. The van der Waals surface area contributed by atoms with Gasteiger partial charge in [0, 0.05) is 30.0 Å². The Balaban J connectivity index is 1.87. The van der Waals surface area contributed by atoms with E-state index in [1.807, 2.05) is 32.0 Å². The van der Waals surface area contributed by atoms with Gasteiger partial charge in [-0.3, -0.25) is 0 Å². The van der Waals surface area contributed by atoms with Crippen LogP contribution in [-0.2, 0) is 19.6 Å². The van der Waals surface area contributed by atoms with E-state index < -0.39 is 5.97 Å². The van der Waals surface area contributed by atoms with Gasteiger partial charge in [0.05, 0.1) is 18.4 Å². The maximum Gasteiger partial charge on any atom is 0.337 e. The van der Waals surface area contributed by atoms with E-state index in [0.29, 0.717) is 25.2 Å². The quantitative estimate of drug-likeness (QED) is 0.673. The zero-order chi connectivity index (χ0) is 18.7. The average molecular weight is 352 g/mol. The Morgan fingerprint density at radius 3 is 2.58 bits per heavy atom. The molecule has 1 aromatic carbocycles. The predicted molar refractivity (Wildman–Crippen MR) is 100 cm³/mol. The monoisotopic (exact) mass is 352 g/mol. The first-order chi connectivity index (χ1) is 12.5. The molecule has 5 nitrogen and oxygen atoms in total. The normalized spacial score (nSPS) is 11.0. The molecule has 0 saturated heterocycles. The highest BCUT2D eigenvalue weighted by Gasteiger charge is 2.22. The van der Waals surface area contributed by atoms with Crippen LogP contribution in [0.1, 0.15) is 44.2 Å². The average Bonchev–Trinajstić information content (AvgIpc) is 3.18. The van der Waals surface area contributed by atoms with Crippen molar-refractivity contribution in [1.29, 1.82) is 0 Å². The van der Waals surface area contributed by atoms with Crippen LogP contribution >= 0.6 is 0 Å². The molecule has 3 aromatic rings. The molecule has 2 aromatic heterocycles. The summed E-state index contributed by atoms with van der Waals surface area (Å²) in [5.41, 5.74) is 5.35. The Kier molecular flexibility index (Phi) is 5.28. The van der Waals surface area contributed by atoms with Crippen molar-refractivity contribution in [2.75, 3.05) is 0 Å². The number of hydrogen-bond acceptors (Lipinski definition) is 3. The molecule has 136 valence electrons. The fraction of sp³-hybridized carbons (Fsp3) is 0.286. The lowest BCUT2D eigenvalue weighted by molar-refractivity contribution is 0.0694. The van der Waals surface area contributed by atoms with Crippen LogP contribution in [0.25, 0.3) is 0 Å². The SMILES string of the molecule is Cc1cccc(Cn2c(C)c(CNCc3ccco3)c(C(=O)O)c2C)c1. The van der Waals surface area contributed by atoms with E-state index in [0.717, 1.165) is 22.7 Å².